The van der Waals surface area contributed by atoms with Gasteiger partial charge in [-0.05, 0) is 75.3 Å². The number of benzene rings is 1. The molecule has 5 heteroatoms. The first kappa shape index (κ1) is 22.9. The molecule has 0 aliphatic carbocycles. The van der Waals surface area contributed by atoms with Crippen molar-refractivity contribution < 1.29 is 4.79 Å². The molecule has 0 aliphatic rings. The molecule has 3 heterocycles. The number of H-pyrrole nitrogens is 1. The Bertz CT molecular complexity index is 1280. The number of fused-ring (bicyclic) bond motifs is 1. The summed E-state index contributed by atoms with van der Waals surface area (Å²) in [6.07, 6.45) is 2.23. The molecule has 1 N–H and O–H groups in total. The number of aryl methyl sites for hydroxylation is 2. The summed E-state index contributed by atoms with van der Waals surface area (Å²) in [6.45, 7) is 8.99. The Morgan fingerprint density at radius 3 is 2.27 bits per heavy atom. The number of carbonyl (C=O) groups excluding carboxylic acids is 1. The van der Waals surface area contributed by atoms with Gasteiger partial charge >= 0.3 is 0 Å². The molecule has 0 saturated heterocycles. The normalized spacial score (nSPS) is 11.6. The minimum Gasteiger partial charge on any atom is -0.354 e. The summed E-state index contributed by atoms with van der Waals surface area (Å²) in [5.74, 6) is 0.533. The number of aromatic amines is 1. The van der Waals surface area contributed by atoms with Crippen LogP contribution in [0.3, 0.4) is 0 Å². The molecule has 3 aromatic heterocycles. The van der Waals surface area contributed by atoms with E-state index in [9.17, 15) is 4.79 Å². The quantitative estimate of drug-likeness (QED) is 0.400. The summed E-state index contributed by atoms with van der Waals surface area (Å²) in [6, 6.07) is 14.8. The number of nitrogens with one attached hydrogen (secondary N) is 1. The predicted molar refractivity (Wildman–Crippen MR) is 136 cm³/mol. The van der Waals surface area contributed by atoms with Crippen molar-refractivity contribution in [2.24, 2.45) is 0 Å². The van der Waals surface area contributed by atoms with E-state index in [-0.39, 0.29) is 5.78 Å². The molecule has 0 atom stereocenters. The van der Waals surface area contributed by atoms with Crippen molar-refractivity contribution in [2.45, 2.75) is 40.0 Å². The standard InChI is InChI=1S/C28H32N4O/c1-17(2)27-25-13-20(21-7-9-23(29-15-21)14-24(33)16-32(5)6)8-10-26(25)31-28(27)22-11-18(3)30-19(4)12-22/h7-13,15,17,31H,14,16H2,1-6H3. The minimum absolute atomic E-state index is 0.171. The Balaban J connectivity index is 1.71. The molecule has 0 aliphatic heterocycles. The fourth-order valence-electron chi connectivity index (χ4n) is 4.51. The third kappa shape index (κ3) is 5.04. The summed E-state index contributed by atoms with van der Waals surface area (Å²) >= 11 is 0. The lowest BCUT2D eigenvalue weighted by atomic mass is 9.94. The first-order valence-electron chi connectivity index (χ1n) is 11.4. The van der Waals surface area contributed by atoms with Gasteiger partial charge in [0.15, 0.2) is 5.78 Å². The molecule has 33 heavy (non-hydrogen) atoms. The van der Waals surface area contributed by atoms with Gasteiger partial charge in [0.25, 0.3) is 0 Å². The lowest BCUT2D eigenvalue weighted by Gasteiger charge is -2.11. The fraction of sp³-hybridized carbons (Fsp3) is 0.321. The molecular weight excluding hydrogens is 408 g/mol. The smallest absolute Gasteiger partial charge is 0.152 e. The molecule has 0 radical (unpaired) electrons. The number of nitrogens with zero attached hydrogens (tertiary/aromatic N) is 3. The van der Waals surface area contributed by atoms with Crippen molar-refractivity contribution in [3.63, 3.8) is 0 Å². The summed E-state index contributed by atoms with van der Waals surface area (Å²) in [7, 11) is 3.80. The Hall–Kier alpha value is -3.31. The molecule has 4 aromatic rings. The minimum atomic E-state index is 0.171. The molecular formula is C28H32N4O. The topological polar surface area (TPSA) is 61.9 Å². The van der Waals surface area contributed by atoms with Gasteiger partial charge < -0.3 is 9.88 Å². The molecule has 1 aromatic carbocycles. The highest BCUT2D eigenvalue weighted by molar-refractivity contribution is 5.94. The molecule has 170 valence electrons. The van der Waals surface area contributed by atoms with Gasteiger partial charge in [0.2, 0.25) is 0 Å². The van der Waals surface area contributed by atoms with Gasteiger partial charge in [-0.25, -0.2) is 0 Å². The van der Waals surface area contributed by atoms with Crippen LogP contribution in [0.2, 0.25) is 0 Å². The largest absolute Gasteiger partial charge is 0.354 e. The predicted octanol–water partition coefficient (Wildman–Crippen LogP) is 5.71. The Labute approximate surface area is 195 Å². The third-order valence-electron chi connectivity index (χ3n) is 5.82. The van der Waals surface area contributed by atoms with E-state index in [2.05, 4.69) is 65.2 Å². The lowest BCUT2D eigenvalue weighted by molar-refractivity contribution is -0.119. The van der Waals surface area contributed by atoms with Gasteiger partial charge in [0, 0.05) is 45.3 Å². The van der Waals surface area contributed by atoms with E-state index in [0.29, 0.717) is 18.9 Å². The maximum absolute atomic E-state index is 12.1. The lowest BCUT2D eigenvalue weighted by Crippen LogP contribution is -2.23. The van der Waals surface area contributed by atoms with Gasteiger partial charge in [-0.1, -0.05) is 26.0 Å². The average molecular weight is 441 g/mol. The maximum Gasteiger partial charge on any atom is 0.152 e. The number of aromatic nitrogens is 3. The van der Waals surface area contributed by atoms with Gasteiger partial charge in [-0.3, -0.25) is 14.8 Å². The zero-order valence-electron chi connectivity index (χ0n) is 20.4. The summed E-state index contributed by atoms with van der Waals surface area (Å²) in [5, 5.41) is 1.23. The highest BCUT2D eigenvalue weighted by Gasteiger charge is 2.17. The Morgan fingerprint density at radius 1 is 0.970 bits per heavy atom. The van der Waals surface area contributed by atoms with Crippen LogP contribution in [-0.4, -0.2) is 46.3 Å². The van der Waals surface area contributed by atoms with Crippen molar-refractivity contribution in [3.05, 3.63) is 71.3 Å². The molecule has 0 bridgehead atoms. The van der Waals surface area contributed by atoms with Gasteiger partial charge in [-0.2, -0.15) is 0 Å². The summed E-state index contributed by atoms with van der Waals surface area (Å²) < 4.78 is 0. The molecule has 0 saturated carbocycles. The van der Waals surface area contributed by atoms with Gasteiger partial charge in [-0.15, -0.1) is 0 Å². The summed E-state index contributed by atoms with van der Waals surface area (Å²) in [4.78, 5) is 26.7. The molecule has 4 rings (SSSR count). The molecule has 5 nitrogen and oxygen atoms in total. The van der Waals surface area contributed by atoms with Crippen LogP contribution in [0, 0.1) is 13.8 Å². The van der Waals surface area contributed by atoms with E-state index < -0.39 is 0 Å². The van der Waals surface area contributed by atoms with Crippen molar-refractivity contribution in [2.75, 3.05) is 20.6 Å². The van der Waals surface area contributed by atoms with E-state index in [1.165, 1.54) is 22.2 Å². The second kappa shape index (κ2) is 9.28. The highest BCUT2D eigenvalue weighted by atomic mass is 16.1. The zero-order chi connectivity index (χ0) is 23.7. The van der Waals surface area contributed by atoms with Crippen molar-refractivity contribution >= 4 is 16.7 Å². The Morgan fingerprint density at radius 2 is 1.67 bits per heavy atom. The molecule has 0 amide bonds. The van der Waals surface area contributed by atoms with Crippen LogP contribution in [0.25, 0.3) is 33.3 Å². The van der Waals surface area contributed by atoms with Crippen LogP contribution in [0.1, 0.15) is 42.4 Å². The van der Waals surface area contributed by atoms with Crippen LogP contribution in [0.4, 0.5) is 0 Å². The van der Waals surface area contributed by atoms with E-state index in [1.807, 2.05) is 45.1 Å². The van der Waals surface area contributed by atoms with Crippen LogP contribution in [0.15, 0.2) is 48.7 Å². The maximum atomic E-state index is 12.1. The monoisotopic (exact) mass is 440 g/mol. The number of ketones is 1. The second-order valence-electron chi connectivity index (χ2n) is 9.46. The van der Waals surface area contributed by atoms with Crippen LogP contribution in [0.5, 0.6) is 0 Å². The first-order chi connectivity index (χ1) is 15.7. The van der Waals surface area contributed by atoms with Crippen molar-refractivity contribution in [1.82, 2.24) is 19.9 Å². The van der Waals surface area contributed by atoms with Crippen LogP contribution in [-0.2, 0) is 11.2 Å². The van der Waals surface area contributed by atoms with Gasteiger partial charge in [0.1, 0.15) is 0 Å². The average Bonchev–Trinajstić information content (AvgIpc) is 3.12. The van der Waals surface area contributed by atoms with Crippen LogP contribution < -0.4 is 0 Å². The van der Waals surface area contributed by atoms with Gasteiger partial charge in [0.05, 0.1) is 18.7 Å². The van der Waals surface area contributed by atoms with E-state index in [0.717, 1.165) is 33.7 Å². The van der Waals surface area contributed by atoms with E-state index in [4.69, 9.17) is 0 Å². The number of likely N-dealkylation sites (N-methyl/N-ethyl adjacent to an activating group) is 1. The number of hydrogen-bond donors (Lipinski definition) is 1. The first-order valence-corrected chi connectivity index (χ1v) is 11.4. The second-order valence-corrected chi connectivity index (χ2v) is 9.46. The molecule has 0 spiro atoms. The molecule has 0 fully saturated rings. The van der Waals surface area contributed by atoms with Crippen LogP contribution >= 0.6 is 0 Å². The van der Waals surface area contributed by atoms with E-state index >= 15 is 0 Å². The number of rotatable bonds is 7. The SMILES string of the molecule is Cc1cc(-c2[nH]c3ccc(-c4ccc(CC(=O)CN(C)C)nc4)cc3c2C(C)C)cc(C)n1. The van der Waals surface area contributed by atoms with Crippen molar-refractivity contribution in [3.8, 4) is 22.4 Å². The number of carbonyl (C=O) groups is 1. The van der Waals surface area contributed by atoms with Crippen molar-refractivity contribution in [1.29, 1.82) is 0 Å². The fourth-order valence-corrected chi connectivity index (χ4v) is 4.51. The third-order valence-corrected chi connectivity index (χ3v) is 5.82. The Kier molecular flexibility index (Phi) is 6.43. The molecule has 0 unspecified atom stereocenters. The number of hydrogen-bond acceptors (Lipinski definition) is 4. The van der Waals surface area contributed by atoms with E-state index in [1.54, 1.807) is 0 Å². The number of pyridine rings is 2. The highest BCUT2D eigenvalue weighted by Crippen LogP contribution is 2.37. The zero-order valence-corrected chi connectivity index (χ0v) is 20.4. The number of Topliss-reactive ketones (excluding diaryl/α,β-unsaturated/α-hetero) is 1. The summed E-state index contributed by atoms with van der Waals surface area (Å²) in [5.41, 5.74) is 9.81.